The van der Waals surface area contributed by atoms with E-state index in [1.165, 1.54) is 38.9 Å². The summed E-state index contributed by atoms with van der Waals surface area (Å²) in [6, 6.07) is 13.1. The highest BCUT2D eigenvalue weighted by molar-refractivity contribution is 7.89. The third kappa shape index (κ3) is 11.6. The van der Waals surface area contributed by atoms with Crippen molar-refractivity contribution in [1.82, 2.24) is 24.8 Å². The zero-order valence-corrected chi connectivity index (χ0v) is 32.0. The number of aliphatic hydroxyl groups excluding tert-OH is 1. The number of rotatable bonds is 19. The number of sulfonamides is 1. The summed E-state index contributed by atoms with van der Waals surface area (Å²) in [6.07, 6.45) is 4.55. The van der Waals surface area contributed by atoms with E-state index >= 15 is 0 Å². The third-order valence-corrected chi connectivity index (χ3v) is 12.2. The molecule has 284 valence electrons. The first-order valence-electron chi connectivity index (χ1n) is 17.7. The molecule has 4 N–H and O–H groups in total. The highest BCUT2D eigenvalue weighted by Gasteiger charge is 2.35. The van der Waals surface area contributed by atoms with Crippen molar-refractivity contribution in [3.8, 4) is 0 Å². The van der Waals surface area contributed by atoms with Gasteiger partial charge in [-0.05, 0) is 54.4 Å². The number of methoxy groups -OCH3 is 1. The maximum Gasteiger partial charge on any atom is 0.318 e. The summed E-state index contributed by atoms with van der Waals surface area (Å²) in [6.45, 7) is 4.40. The average Bonchev–Trinajstić information content (AvgIpc) is 3.82. The van der Waals surface area contributed by atoms with Crippen LogP contribution >= 0.6 is 11.3 Å². The van der Waals surface area contributed by atoms with Crippen LogP contribution in [-0.2, 0) is 39.1 Å². The maximum absolute atomic E-state index is 14.1. The van der Waals surface area contributed by atoms with Gasteiger partial charge in [-0.1, -0.05) is 80.7 Å². The van der Waals surface area contributed by atoms with E-state index in [1.54, 1.807) is 26.3 Å². The van der Waals surface area contributed by atoms with Crippen molar-refractivity contribution >= 4 is 39.5 Å². The molecule has 1 aromatic heterocycles. The molecule has 13 nitrogen and oxygen atoms in total. The zero-order chi connectivity index (χ0) is 37.7. The van der Waals surface area contributed by atoms with Crippen LogP contribution in [0.3, 0.4) is 0 Å². The number of aromatic nitrogens is 1. The van der Waals surface area contributed by atoms with E-state index in [9.17, 15) is 23.1 Å². The summed E-state index contributed by atoms with van der Waals surface area (Å²) in [5.41, 5.74) is 2.08. The number of carbonyl (C=O) groups is 2. The number of oxime groups is 1. The van der Waals surface area contributed by atoms with Crippen molar-refractivity contribution in [1.29, 1.82) is 0 Å². The highest BCUT2D eigenvalue weighted by Crippen LogP contribution is 2.28. The number of nitrogens with one attached hydrogen (secondary N) is 2. The Morgan fingerprint density at radius 3 is 2.44 bits per heavy atom. The van der Waals surface area contributed by atoms with Gasteiger partial charge in [-0.3, -0.25) is 4.79 Å². The van der Waals surface area contributed by atoms with Gasteiger partial charge in [0.15, 0.2) is 0 Å². The Bertz CT molecular complexity index is 1700. The van der Waals surface area contributed by atoms with Crippen molar-refractivity contribution in [2.24, 2.45) is 17.0 Å². The smallest absolute Gasteiger partial charge is 0.318 e. The topological polar surface area (TPSA) is 174 Å². The number of benzene rings is 2. The van der Waals surface area contributed by atoms with Crippen LogP contribution in [-0.4, -0.2) is 96.5 Å². The lowest BCUT2D eigenvalue weighted by Crippen LogP contribution is -2.58. The van der Waals surface area contributed by atoms with Gasteiger partial charge in [0.2, 0.25) is 15.9 Å². The van der Waals surface area contributed by atoms with Gasteiger partial charge in [0.05, 0.1) is 42.1 Å². The number of aliphatic hydroxyl groups is 1. The number of amides is 3. The molecule has 3 aromatic rings. The average molecular weight is 757 g/mol. The molecule has 1 heterocycles. The summed E-state index contributed by atoms with van der Waals surface area (Å²) in [7, 11) is -0.834. The van der Waals surface area contributed by atoms with E-state index in [4.69, 9.17) is 9.94 Å². The van der Waals surface area contributed by atoms with E-state index in [-0.39, 0.29) is 42.8 Å². The fourth-order valence-electron chi connectivity index (χ4n) is 6.32. The molecule has 1 unspecified atom stereocenters. The number of hydrogen-bond acceptors (Lipinski definition) is 10. The number of urea groups is 1. The fraction of sp³-hybridized carbons (Fsp3) is 0.514. The summed E-state index contributed by atoms with van der Waals surface area (Å²) in [5.74, 6) is -0.584. The number of hydrogen-bond donors (Lipinski definition) is 4. The lowest BCUT2D eigenvalue weighted by atomic mass is 9.96. The van der Waals surface area contributed by atoms with Crippen LogP contribution in [0.25, 0.3) is 0 Å². The molecule has 4 atom stereocenters. The van der Waals surface area contributed by atoms with Crippen LogP contribution in [0.5, 0.6) is 0 Å². The quantitative estimate of drug-likeness (QED) is 0.0779. The molecule has 1 saturated carbocycles. The predicted molar refractivity (Wildman–Crippen MR) is 201 cm³/mol. The lowest BCUT2D eigenvalue weighted by molar-refractivity contribution is -0.125. The van der Waals surface area contributed by atoms with Gasteiger partial charge in [0, 0.05) is 32.6 Å². The van der Waals surface area contributed by atoms with Crippen LogP contribution in [0.1, 0.15) is 67.8 Å². The molecule has 2 aromatic carbocycles. The van der Waals surface area contributed by atoms with E-state index in [2.05, 4.69) is 20.8 Å². The van der Waals surface area contributed by atoms with Gasteiger partial charge in [-0.25, -0.2) is 18.2 Å². The monoisotopic (exact) mass is 756 g/mol. The van der Waals surface area contributed by atoms with Gasteiger partial charge >= 0.3 is 6.03 Å². The number of thiazole rings is 1. The lowest BCUT2D eigenvalue weighted by Gasteiger charge is -2.33. The van der Waals surface area contributed by atoms with Crippen molar-refractivity contribution in [2.75, 3.05) is 27.2 Å². The zero-order valence-electron chi connectivity index (χ0n) is 30.3. The second kappa shape index (κ2) is 19.8. The molecule has 3 amide bonds. The molecule has 15 heteroatoms. The van der Waals surface area contributed by atoms with Crippen molar-refractivity contribution in [3.63, 3.8) is 0 Å². The summed E-state index contributed by atoms with van der Waals surface area (Å²) in [4.78, 5) is 33.5. The minimum atomic E-state index is -4.06. The normalized spacial score (nSPS) is 16.1. The van der Waals surface area contributed by atoms with Gasteiger partial charge in [0.1, 0.15) is 11.0 Å². The first-order valence-corrected chi connectivity index (χ1v) is 20.0. The van der Waals surface area contributed by atoms with Crippen LogP contribution in [0.2, 0.25) is 0 Å². The summed E-state index contributed by atoms with van der Waals surface area (Å²) >= 11 is 1.44. The summed E-state index contributed by atoms with van der Waals surface area (Å²) < 4.78 is 34.7. The molecule has 0 saturated heterocycles. The van der Waals surface area contributed by atoms with Gasteiger partial charge < -0.3 is 30.6 Å². The second-order valence-corrected chi connectivity index (χ2v) is 16.4. The number of nitrogens with zero attached hydrogens (tertiary/aromatic N) is 4. The minimum Gasteiger partial charge on any atom is -0.411 e. The first-order chi connectivity index (χ1) is 24.9. The van der Waals surface area contributed by atoms with E-state index in [0.29, 0.717) is 24.3 Å². The Labute approximate surface area is 311 Å². The molecule has 1 fully saturated rings. The molecule has 0 bridgehead atoms. The number of ether oxygens (including phenoxy) is 1. The van der Waals surface area contributed by atoms with Crippen molar-refractivity contribution < 1.29 is 33.1 Å². The Kier molecular flexibility index (Phi) is 15.6. The molecule has 52 heavy (non-hydrogen) atoms. The van der Waals surface area contributed by atoms with Crippen LogP contribution in [0.15, 0.2) is 70.0 Å². The summed E-state index contributed by atoms with van der Waals surface area (Å²) in [5, 5.41) is 32.3. The molecule has 4 rings (SSSR count). The minimum absolute atomic E-state index is 0.0488. The largest absolute Gasteiger partial charge is 0.411 e. The standard InChI is InChI=1S/C37H52N6O7S2/c1-5-26(2)35(41-37(46)42(3)22-30-25-51-34(39-30)24-50-4)36(45)40-32(19-27-11-7-6-8-12-27)33(44)23-43(21-29-13-9-10-14-29)52(48,49)31-17-15-28(16-18-31)20-38-47/h6-8,11-12,15-18,20,25-26,29,32-33,35,44,47H,5,9-10,13-14,19,21-24H2,1-4H3,(H,40,45)(H,41,46)/b38-20+/t26-,32-,33?,35+/m0/s1. The molecule has 0 aliphatic heterocycles. The first kappa shape index (κ1) is 40.9. The number of carbonyl (C=O) groups excluding carboxylic acids is 2. The molecule has 1 aliphatic rings. The Balaban J connectivity index is 1.56. The maximum atomic E-state index is 14.1. The second-order valence-electron chi connectivity index (χ2n) is 13.5. The predicted octanol–water partition coefficient (Wildman–Crippen LogP) is 4.62. The molecule has 1 aliphatic carbocycles. The Morgan fingerprint density at radius 2 is 1.81 bits per heavy atom. The molecular weight excluding hydrogens is 705 g/mol. The fourth-order valence-corrected chi connectivity index (χ4v) is 8.61. The Morgan fingerprint density at radius 1 is 1.12 bits per heavy atom. The SMILES string of the molecule is CC[C@H](C)[C@@H](NC(=O)N(C)Cc1csc(COC)n1)C(=O)N[C@@H](Cc1ccccc1)C(O)CN(CC1CCCC1)S(=O)(=O)c1ccc(/C=N/O)cc1. The molecular formula is C37H52N6O7S2. The molecule has 0 radical (unpaired) electrons. The van der Waals surface area contributed by atoms with Gasteiger partial charge in [0.25, 0.3) is 0 Å². The van der Waals surface area contributed by atoms with Crippen LogP contribution in [0, 0.1) is 11.8 Å². The van der Waals surface area contributed by atoms with Gasteiger partial charge in [-0.2, -0.15) is 4.31 Å². The van der Waals surface area contributed by atoms with Crippen LogP contribution in [0.4, 0.5) is 4.79 Å². The highest BCUT2D eigenvalue weighted by atomic mass is 32.2. The van der Waals surface area contributed by atoms with Crippen molar-refractivity contribution in [2.45, 2.75) is 88.6 Å². The van der Waals surface area contributed by atoms with E-state index in [1.807, 2.05) is 49.6 Å². The third-order valence-electron chi connectivity index (χ3n) is 9.53. The van der Waals surface area contributed by atoms with Crippen LogP contribution < -0.4 is 10.6 Å². The Hall–Kier alpha value is -3.89. The van der Waals surface area contributed by atoms with Gasteiger partial charge in [-0.15, -0.1) is 11.3 Å². The van der Waals surface area contributed by atoms with E-state index < -0.39 is 40.1 Å². The van der Waals surface area contributed by atoms with Crippen molar-refractivity contribution in [3.05, 3.63) is 81.8 Å². The van der Waals surface area contributed by atoms with E-state index in [0.717, 1.165) is 36.3 Å². The molecule has 0 spiro atoms.